The number of H-pyrrole nitrogens is 1. The van der Waals surface area contributed by atoms with E-state index in [-0.39, 0.29) is 10.4 Å². The zero-order chi connectivity index (χ0) is 12.3. The van der Waals surface area contributed by atoms with Gasteiger partial charge in [0.2, 0.25) is 0 Å². The van der Waals surface area contributed by atoms with E-state index in [0.717, 1.165) is 25.7 Å². The predicted octanol–water partition coefficient (Wildman–Crippen LogP) is 1.49. The van der Waals surface area contributed by atoms with Crippen LogP contribution in [-0.4, -0.2) is 30.3 Å². The van der Waals surface area contributed by atoms with Crippen LogP contribution in [0.5, 0.6) is 0 Å². The predicted molar refractivity (Wildman–Crippen MR) is 65.4 cm³/mol. The molecule has 7 heteroatoms. The molecule has 0 unspecified atom stereocenters. The summed E-state index contributed by atoms with van der Waals surface area (Å²) >= 11 is 6.00. The summed E-state index contributed by atoms with van der Waals surface area (Å²) in [6.45, 7) is 0.477. The SMILES string of the molecule is O=S(=O)(NCC1CCC(Cl)CC1)c1cnc[nH]1. The van der Waals surface area contributed by atoms with Crippen LogP contribution in [-0.2, 0) is 10.0 Å². The smallest absolute Gasteiger partial charge is 0.257 e. The van der Waals surface area contributed by atoms with E-state index in [9.17, 15) is 8.42 Å². The van der Waals surface area contributed by atoms with Gasteiger partial charge in [-0.3, -0.25) is 0 Å². The third-order valence-electron chi connectivity index (χ3n) is 3.10. The first-order valence-corrected chi connectivity index (χ1v) is 7.62. The van der Waals surface area contributed by atoms with Gasteiger partial charge in [-0.2, -0.15) is 0 Å². The maximum absolute atomic E-state index is 11.8. The molecule has 0 radical (unpaired) electrons. The second kappa shape index (κ2) is 5.37. The molecule has 1 heterocycles. The first kappa shape index (κ1) is 12.9. The molecule has 17 heavy (non-hydrogen) atoms. The van der Waals surface area contributed by atoms with Crippen LogP contribution in [0.3, 0.4) is 0 Å². The van der Waals surface area contributed by atoms with Gasteiger partial charge in [-0.1, -0.05) is 0 Å². The molecule has 1 aromatic heterocycles. The lowest BCUT2D eigenvalue weighted by Crippen LogP contribution is -2.31. The number of halogens is 1. The number of nitrogens with zero attached hydrogens (tertiary/aromatic N) is 1. The van der Waals surface area contributed by atoms with Crippen LogP contribution in [0.1, 0.15) is 25.7 Å². The number of imidazole rings is 1. The third-order valence-corrected chi connectivity index (χ3v) is 4.89. The Balaban J connectivity index is 1.86. The molecule has 0 saturated heterocycles. The number of aromatic amines is 1. The van der Waals surface area contributed by atoms with Gasteiger partial charge in [0.1, 0.15) is 0 Å². The minimum absolute atomic E-state index is 0.114. The lowest BCUT2D eigenvalue weighted by atomic mass is 9.89. The van der Waals surface area contributed by atoms with Gasteiger partial charge >= 0.3 is 0 Å². The first-order chi connectivity index (χ1) is 8.08. The average molecular weight is 278 g/mol. The second-order valence-electron chi connectivity index (χ2n) is 4.39. The van der Waals surface area contributed by atoms with Crippen LogP contribution in [0.15, 0.2) is 17.6 Å². The van der Waals surface area contributed by atoms with Crippen LogP contribution < -0.4 is 4.72 Å². The minimum Gasteiger partial charge on any atom is -0.335 e. The highest BCUT2D eigenvalue weighted by atomic mass is 35.5. The van der Waals surface area contributed by atoms with Crippen molar-refractivity contribution in [3.63, 3.8) is 0 Å². The van der Waals surface area contributed by atoms with Crippen molar-refractivity contribution in [3.8, 4) is 0 Å². The number of rotatable bonds is 4. The van der Waals surface area contributed by atoms with Gasteiger partial charge in [0.25, 0.3) is 10.0 Å². The molecule has 0 aliphatic heterocycles. The molecular weight excluding hydrogens is 262 g/mol. The number of hydrogen-bond acceptors (Lipinski definition) is 3. The van der Waals surface area contributed by atoms with Crippen molar-refractivity contribution < 1.29 is 8.42 Å². The van der Waals surface area contributed by atoms with E-state index >= 15 is 0 Å². The second-order valence-corrected chi connectivity index (χ2v) is 6.74. The van der Waals surface area contributed by atoms with Gasteiger partial charge in [-0.15, -0.1) is 11.6 Å². The fraction of sp³-hybridized carbons (Fsp3) is 0.700. The first-order valence-electron chi connectivity index (χ1n) is 5.70. The molecule has 1 saturated carbocycles. The van der Waals surface area contributed by atoms with E-state index in [1.807, 2.05) is 0 Å². The quantitative estimate of drug-likeness (QED) is 0.819. The standard InChI is InChI=1S/C10H16ClN3O2S/c11-9-3-1-8(2-4-9)5-14-17(15,16)10-6-12-7-13-10/h6-9,14H,1-5H2,(H,12,13). The Morgan fingerprint density at radius 3 is 2.71 bits per heavy atom. The Labute approximate surface area is 106 Å². The largest absolute Gasteiger partial charge is 0.335 e. The summed E-state index contributed by atoms with van der Waals surface area (Å²) in [4.78, 5) is 6.29. The summed E-state index contributed by atoms with van der Waals surface area (Å²) in [5.41, 5.74) is 0. The molecular formula is C10H16ClN3O2S. The van der Waals surface area contributed by atoms with E-state index in [4.69, 9.17) is 11.6 Å². The molecule has 1 aliphatic rings. The molecule has 1 aromatic rings. The normalized spacial score (nSPS) is 25.9. The Morgan fingerprint density at radius 2 is 2.12 bits per heavy atom. The summed E-state index contributed by atoms with van der Waals surface area (Å²) < 4.78 is 26.2. The minimum atomic E-state index is -3.43. The fourth-order valence-corrected chi connectivity index (χ4v) is 3.29. The molecule has 0 spiro atoms. The van der Waals surface area contributed by atoms with Crippen molar-refractivity contribution in [2.24, 2.45) is 5.92 Å². The van der Waals surface area contributed by atoms with E-state index < -0.39 is 10.0 Å². The molecule has 5 nitrogen and oxygen atoms in total. The highest BCUT2D eigenvalue weighted by Crippen LogP contribution is 2.27. The molecule has 0 aromatic carbocycles. The Kier molecular flexibility index (Phi) is 4.06. The number of nitrogens with one attached hydrogen (secondary N) is 2. The third kappa shape index (κ3) is 3.43. The molecule has 0 bridgehead atoms. The molecule has 0 atom stereocenters. The van der Waals surface area contributed by atoms with E-state index in [1.165, 1.54) is 12.5 Å². The summed E-state index contributed by atoms with van der Waals surface area (Å²) in [5.74, 6) is 0.391. The molecule has 0 amide bonds. The van der Waals surface area contributed by atoms with Crippen LogP contribution in [0.25, 0.3) is 0 Å². The van der Waals surface area contributed by atoms with E-state index in [0.29, 0.717) is 12.5 Å². The van der Waals surface area contributed by atoms with Crippen molar-refractivity contribution >= 4 is 21.6 Å². The summed E-state index contributed by atoms with van der Waals surface area (Å²) in [6, 6.07) is 0. The number of alkyl halides is 1. The van der Waals surface area contributed by atoms with Crippen molar-refractivity contribution in [2.75, 3.05) is 6.54 Å². The maximum Gasteiger partial charge on any atom is 0.257 e. The molecule has 2 N–H and O–H groups in total. The monoisotopic (exact) mass is 277 g/mol. The Morgan fingerprint density at radius 1 is 1.41 bits per heavy atom. The van der Waals surface area contributed by atoms with Crippen LogP contribution in [0.2, 0.25) is 0 Å². The van der Waals surface area contributed by atoms with Gasteiger partial charge in [0, 0.05) is 11.9 Å². The molecule has 2 rings (SSSR count). The van der Waals surface area contributed by atoms with Gasteiger partial charge in [-0.25, -0.2) is 18.1 Å². The van der Waals surface area contributed by atoms with Crippen molar-refractivity contribution in [2.45, 2.75) is 36.1 Å². The van der Waals surface area contributed by atoms with E-state index in [2.05, 4.69) is 14.7 Å². The van der Waals surface area contributed by atoms with Gasteiger partial charge in [0.15, 0.2) is 5.03 Å². The van der Waals surface area contributed by atoms with Crippen molar-refractivity contribution in [1.82, 2.24) is 14.7 Å². The molecule has 1 aliphatic carbocycles. The van der Waals surface area contributed by atoms with Gasteiger partial charge in [0.05, 0.1) is 12.5 Å². The van der Waals surface area contributed by atoms with Gasteiger partial charge < -0.3 is 4.98 Å². The molecule has 96 valence electrons. The lowest BCUT2D eigenvalue weighted by molar-refractivity contribution is 0.361. The lowest BCUT2D eigenvalue weighted by Gasteiger charge is -2.24. The maximum atomic E-state index is 11.8. The summed E-state index contributed by atoms with van der Waals surface area (Å²) in [7, 11) is -3.43. The number of sulfonamides is 1. The highest BCUT2D eigenvalue weighted by Gasteiger charge is 2.22. The topological polar surface area (TPSA) is 74.8 Å². The summed E-state index contributed by atoms with van der Waals surface area (Å²) in [6.07, 6.45) is 6.57. The van der Waals surface area contributed by atoms with Crippen LogP contribution in [0, 0.1) is 5.92 Å². The van der Waals surface area contributed by atoms with Gasteiger partial charge in [-0.05, 0) is 31.6 Å². The average Bonchev–Trinajstić information content (AvgIpc) is 2.82. The van der Waals surface area contributed by atoms with Crippen LogP contribution in [0.4, 0.5) is 0 Å². The van der Waals surface area contributed by atoms with Crippen molar-refractivity contribution in [1.29, 1.82) is 0 Å². The zero-order valence-electron chi connectivity index (χ0n) is 9.39. The zero-order valence-corrected chi connectivity index (χ0v) is 11.0. The number of aromatic nitrogens is 2. The van der Waals surface area contributed by atoms with Crippen molar-refractivity contribution in [3.05, 3.63) is 12.5 Å². The Bertz CT molecular complexity index is 438. The highest BCUT2D eigenvalue weighted by molar-refractivity contribution is 7.89. The van der Waals surface area contributed by atoms with Crippen LogP contribution >= 0.6 is 11.6 Å². The molecule has 1 fully saturated rings. The van der Waals surface area contributed by atoms with E-state index in [1.54, 1.807) is 0 Å². The number of hydrogen-bond donors (Lipinski definition) is 2. The Hall–Kier alpha value is -0.590. The summed E-state index contributed by atoms with van der Waals surface area (Å²) in [5, 5.41) is 0.374. The fourth-order valence-electron chi connectivity index (χ4n) is 2.02.